The van der Waals surface area contributed by atoms with Crippen LogP contribution < -0.4 is 4.98 Å². The minimum atomic E-state index is 0.0368. The van der Waals surface area contributed by atoms with Gasteiger partial charge in [0.25, 0.3) is 5.03 Å². The predicted octanol–water partition coefficient (Wildman–Crippen LogP) is 4.44. The minimum Gasteiger partial charge on any atom is -0.293 e. The largest absolute Gasteiger partial charge is 0.293 e. The van der Waals surface area contributed by atoms with Crippen molar-refractivity contribution in [1.29, 1.82) is 5.26 Å². The number of rotatable bonds is 5. The van der Waals surface area contributed by atoms with E-state index in [9.17, 15) is 10.1 Å². The molecule has 0 unspecified atom stereocenters. The van der Waals surface area contributed by atoms with E-state index in [0.29, 0.717) is 16.3 Å². The molecule has 0 bridgehead atoms. The number of carbonyl (C=O) groups is 1. The van der Waals surface area contributed by atoms with Crippen LogP contribution >= 0.6 is 23.4 Å². The number of aryl methyl sites for hydroxylation is 1. The first-order valence-corrected chi connectivity index (χ1v) is 9.92. The van der Waals surface area contributed by atoms with Crippen molar-refractivity contribution in [1.82, 2.24) is 0 Å². The van der Waals surface area contributed by atoms with Crippen molar-refractivity contribution in [2.45, 2.75) is 44.1 Å². The van der Waals surface area contributed by atoms with E-state index >= 15 is 0 Å². The number of H-pyrrole nitrogens is 1. The summed E-state index contributed by atoms with van der Waals surface area (Å²) in [7, 11) is 0. The summed E-state index contributed by atoms with van der Waals surface area (Å²) in [6, 6.07) is 9.29. The maximum Gasteiger partial charge on any atom is 0.257 e. The van der Waals surface area contributed by atoms with Crippen molar-refractivity contribution in [3.8, 4) is 6.07 Å². The SMILES string of the molecule is CCc1[nH+]c(SCC(=O)c2ccc(Cl)cc2)c(C#N)c2c1CCCC2. The van der Waals surface area contributed by atoms with Crippen LogP contribution in [0.1, 0.15) is 52.5 Å². The third-order valence-electron chi connectivity index (χ3n) is 4.60. The number of benzene rings is 1. The van der Waals surface area contributed by atoms with Gasteiger partial charge in [0, 0.05) is 22.6 Å². The summed E-state index contributed by atoms with van der Waals surface area (Å²) in [6.07, 6.45) is 5.21. The molecule has 25 heavy (non-hydrogen) atoms. The molecule has 0 saturated carbocycles. The van der Waals surface area contributed by atoms with Crippen LogP contribution in [0.5, 0.6) is 0 Å². The van der Waals surface area contributed by atoms with Gasteiger partial charge in [-0.15, -0.1) is 0 Å². The number of hydrogen-bond donors (Lipinski definition) is 0. The van der Waals surface area contributed by atoms with Gasteiger partial charge in [-0.3, -0.25) is 4.79 Å². The summed E-state index contributed by atoms with van der Waals surface area (Å²) in [5.41, 5.74) is 5.07. The number of hydrogen-bond acceptors (Lipinski definition) is 3. The highest BCUT2D eigenvalue weighted by Crippen LogP contribution is 2.30. The second-order valence-corrected chi connectivity index (χ2v) is 7.58. The van der Waals surface area contributed by atoms with Crippen LogP contribution in [0.3, 0.4) is 0 Å². The fourth-order valence-electron chi connectivity index (χ4n) is 3.31. The molecule has 0 radical (unpaired) electrons. The molecule has 0 atom stereocenters. The number of thioether (sulfide) groups is 1. The second-order valence-electron chi connectivity index (χ2n) is 6.16. The Morgan fingerprint density at radius 1 is 1.24 bits per heavy atom. The lowest BCUT2D eigenvalue weighted by Gasteiger charge is -2.17. The normalized spacial score (nSPS) is 13.2. The predicted molar refractivity (Wildman–Crippen MR) is 100 cm³/mol. The molecular weight excluding hydrogens is 352 g/mol. The van der Waals surface area contributed by atoms with Gasteiger partial charge >= 0.3 is 0 Å². The van der Waals surface area contributed by atoms with Gasteiger partial charge in [0.05, 0.1) is 5.75 Å². The molecule has 3 nitrogen and oxygen atoms in total. The Hall–Kier alpha value is -1.83. The van der Waals surface area contributed by atoms with E-state index in [2.05, 4.69) is 18.0 Å². The van der Waals surface area contributed by atoms with E-state index in [0.717, 1.165) is 36.3 Å². The van der Waals surface area contributed by atoms with Crippen LogP contribution in [0, 0.1) is 11.3 Å². The number of pyridine rings is 1. The Labute approximate surface area is 157 Å². The van der Waals surface area contributed by atoms with Gasteiger partial charge in [-0.1, -0.05) is 18.5 Å². The quantitative estimate of drug-likeness (QED) is 0.576. The van der Waals surface area contributed by atoms with E-state index in [1.54, 1.807) is 24.3 Å². The highest BCUT2D eigenvalue weighted by atomic mass is 35.5. The highest BCUT2D eigenvalue weighted by molar-refractivity contribution is 7.99. The zero-order valence-electron chi connectivity index (χ0n) is 14.2. The molecule has 0 saturated heterocycles. The minimum absolute atomic E-state index is 0.0368. The summed E-state index contributed by atoms with van der Waals surface area (Å²) in [6.45, 7) is 2.13. The molecule has 5 heteroatoms. The number of Topliss-reactive ketones (excluding diaryl/α,β-unsaturated/α-hetero) is 1. The number of ketones is 1. The summed E-state index contributed by atoms with van der Waals surface area (Å²) in [5, 5.41) is 11.1. The van der Waals surface area contributed by atoms with Crippen molar-refractivity contribution in [3.05, 3.63) is 57.2 Å². The first-order chi connectivity index (χ1) is 12.1. The molecule has 0 amide bonds. The number of nitrogens with zero attached hydrogens (tertiary/aromatic N) is 1. The van der Waals surface area contributed by atoms with Gasteiger partial charge in [0.2, 0.25) is 0 Å². The zero-order chi connectivity index (χ0) is 17.8. The molecule has 1 heterocycles. The van der Waals surface area contributed by atoms with E-state index in [1.807, 2.05) is 0 Å². The third-order valence-corrected chi connectivity index (χ3v) is 5.86. The molecule has 0 spiro atoms. The van der Waals surface area contributed by atoms with E-state index in [1.165, 1.54) is 35.0 Å². The summed E-state index contributed by atoms with van der Waals surface area (Å²) in [5.74, 6) is 0.337. The summed E-state index contributed by atoms with van der Waals surface area (Å²) < 4.78 is 0. The number of carbonyl (C=O) groups excluding carboxylic acids is 1. The van der Waals surface area contributed by atoms with Gasteiger partial charge in [-0.05, 0) is 67.3 Å². The van der Waals surface area contributed by atoms with Crippen LogP contribution in [0.15, 0.2) is 29.3 Å². The number of halogens is 1. The van der Waals surface area contributed by atoms with Crippen molar-refractivity contribution < 1.29 is 9.78 Å². The molecule has 2 aromatic rings. The maximum atomic E-state index is 12.4. The van der Waals surface area contributed by atoms with Crippen molar-refractivity contribution in [2.24, 2.45) is 0 Å². The molecule has 0 aliphatic heterocycles. The molecular formula is C20H20ClN2OS+. The Morgan fingerprint density at radius 2 is 1.92 bits per heavy atom. The lowest BCUT2D eigenvalue weighted by atomic mass is 9.87. The summed E-state index contributed by atoms with van der Waals surface area (Å²) in [4.78, 5) is 15.8. The fraction of sp³-hybridized carbons (Fsp3) is 0.350. The van der Waals surface area contributed by atoms with Gasteiger partial charge in [0.1, 0.15) is 11.6 Å². The van der Waals surface area contributed by atoms with Gasteiger partial charge in [0.15, 0.2) is 11.5 Å². The number of aromatic nitrogens is 1. The number of nitrogens with one attached hydrogen (secondary N) is 1. The van der Waals surface area contributed by atoms with Crippen LogP contribution in [-0.4, -0.2) is 11.5 Å². The van der Waals surface area contributed by atoms with Crippen molar-refractivity contribution >= 4 is 29.1 Å². The molecule has 128 valence electrons. The van der Waals surface area contributed by atoms with Crippen molar-refractivity contribution in [2.75, 3.05) is 5.75 Å². The standard InChI is InChI=1S/C20H19ClN2OS/c1-2-18-16-6-4-3-5-15(16)17(11-22)20(23-18)25-12-19(24)13-7-9-14(21)10-8-13/h7-10H,2-6,12H2,1H3/p+1. The Kier molecular flexibility index (Phi) is 5.78. The first-order valence-electron chi connectivity index (χ1n) is 8.55. The molecule has 0 fully saturated rings. The lowest BCUT2D eigenvalue weighted by Crippen LogP contribution is -2.24. The van der Waals surface area contributed by atoms with Crippen LogP contribution in [0.4, 0.5) is 0 Å². The molecule has 1 N–H and O–H groups in total. The smallest absolute Gasteiger partial charge is 0.257 e. The lowest BCUT2D eigenvalue weighted by molar-refractivity contribution is -0.438. The topological polar surface area (TPSA) is 55.0 Å². The Balaban J connectivity index is 1.86. The number of fused-ring (bicyclic) bond motifs is 1. The van der Waals surface area contributed by atoms with E-state index in [-0.39, 0.29) is 5.78 Å². The average Bonchev–Trinajstić information content (AvgIpc) is 2.65. The van der Waals surface area contributed by atoms with Crippen molar-refractivity contribution in [3.63, 3.8) is 0 Å². The van der Waals surface area contributed by atoms with Gasteiger partial charge < -0.3 is 0 Å². The first kappa shape index (κ1) is 18.0. The zero-order valence-corrected chi connectivity index (χ0v) is 15.8. The molecule has 1 aliphatic rings. The van der Waals surface area contributed by atoms with E-state index in [4.69, 9.17) is 11.6 Å². The van der Waals surface area contributed by atoms with Crippen LogP contribution in [0.25, 0.3) is 0 Å². The molecule has 1 aliphatic carbocycles. The van der Waals surface area contributed by atoms with E-state index < -0.39 is 0 Å². The highest BCUT2D eigenvalue weighted by Gasteiger charge is 2.26. The average molecular weight is 372 g/mol. The van der Waals surface area contributed by atoms with Crippen LogP contribution in [-0.2, 0) is 19.3 Å². The fourth-order valence-corrected chi connectivity index (χ4v) is 4.39. The number of nitriles is 1. The van der Waals surface area contributed by atoms with Crippen LogP contribution in [0.2, 0.25) is 5.02 Å². The maximum absolute atomic E-state index is 12.4. The summed E-state index contributed by atoms with van der Waals surface area (Å²) >= 11 is 7.29. The third kappa shape index (κ3) is 3.89. The number of aromatic amines is 1. The Morgan fingerprint density at radius 3 is 2.56 bits per heavy atom. The molecule has 3 rings (SSSR count). The second kappa shape index (κ2) is 8.03. The van der Waals surface area contributed by atoms with Gasteiger partial charge in [-0.25, -0.2) is 4.98 Å². The monoisotopic (exact) mass is 371 g/mol. The Bertz CT molecular complexity index is 840. The van der Waals surface area contributed by atoms with Gasteiger partial charge in [-0.2, -0.15) is 5.26 Å². The molecule has 1 aromatic heterocycles. The molecule has 1 aromatic carbocycles.